The normalized spacial score (nSPS) is 26.9. The van der Waals surface area contributed by atoms with E-state index in [-0.39, 0.29) is 17.7 Å². The molecule has 2 aromatic carbocycles. The number of hydrogen-bond donors (Lipinski definition) is 2. The van der Waals surface area contributed by atoms with E-state index in [2.05, 4.69) is 10.6 Å². The summed E-state index contributed by atoms with van der Waals surface area (Å²) >= 11 is 0. The lowest BCUT2D eigenvalue weighted by molar-refractivity contribution is -0.145. The molecule has 2 aliphatic rings. The Morgan fingerprint density at radius 2 is 2.04 bits per heavy atom. The molecule has 2 heterocycles. The molecule has 0 spiro atoms. The fraction of sp³-hybridized carbons (Fsp3) is 0.300. The molecule has 2 aliphatic heterocycles. The SMILES string of the molecule is Cc1cccc(NC(=O)C2C(=O)N[C@@]3(C)C[C@H]2c2ccccc2O3)c1. The molecular weight excluding hydrogens is 316 g/mol. The number of anilines is 1. The number of piperidine rings is 1. The van der Waals surface area contributed by atoms with Crippen molar-refractivity contribution in [2.75, 3.05) is 5.32 Å². The van der Waals surface area contributed by atoms with Gasteiger partial charge in [0.1, 0.15) is 11.7 Å². The lowest BCUT2D eigenvalue weighted by atomic mass is 9.74. The van der Waals surface area contributed by atoms with Gasteiger partial charge >= 0.3 is 0 Å². The summed E-state index contributed by atoms with van der Waals surface area (Å²) < 4.78 is 5.96. The second-order valence-corrected chi connectivity index (χ2v) is 7.01. The van der Waals surface area contributed by atoms with Crippen molar-refractivity contribution in [2.24, 2.45) is 5.92 Å². The third-order valence-electron chi connectivity index (χ3n) is 4.90. The average Bonchev–Trinajstić information content (AvgIpc) is 2.53. The molecule has 2 amide bonds. The number of carbonyl (C=O) groups excluding carboxylic acids is 2. The number of rotatable bonds is 2. The van der Waals surface area contributed by atoms with Gasteiger partial charge in [-0.3, -0.25) is 9.59 Å². The zero-order valence-corrected chi connectivity index (χ0v) is 14.2. The van der Waals surface area contributed by atoms with Gasteiger partial charge in [0.2, 0.25) is 11.8 Å². The minimum Gasteiger partial charge on any atom is -0.468 e. The van der Waals surface area contributed by atoms with E-state index < -0.39 is 11.6 Å². The molecule has 2 aromatic rings. The summed E-state index contributed by atoms with van der Waals surface area (Å²) in [4.78, 5) is 25.6. The molecule has 1 unspecified atom stereocenters. The van der Waals surface area contributed by atoms with Gasteiger partial charge in [-0.15, -0.1) is 0 Å². The second kappa shape index (κ2) is 5.62. The summed E-state index contributed by atoms with van der Waals surface area (Å²) in [6.07, 6.45) is 0.571. The van der Waals surface area contributed by atoms with E-state index in [1.807, 2.05) is 62.4 Å². The molecule has 0 aromatic heterocycles. The zero-order chi connectivity index (χ0) is 17.6. The number of carbonyl (C=O) groups is 2. The van der Waals surface area contributed by atoms with E-state index in [0.29, 0.717) is 12.1 Å². The highest BCUT2D eigenvalue weighted by molar-refractivity contribution is 6.08. The molecule has 0 saturated carbocycles. The monoisotopic (exact) mass is 336 g/mol. The Bertz CT molecular complexity index is 864. The van der Waals surface area contributed by atoms with E-state index in [0.717, 1.165) is 16.9 Å². The molecule has 25 heavy (non-hydrogen) atoms. The van der Waals surface area contributed by atoms with E-state index >= 15 is 0 Å². The van der Waals surface area contributed by atoms with Gasteiger partial charge in [-0.1, -0.05) is 30.3 Å². The summed E-state index contributed by atoms with van der Waals surface area (Å²) in [6.45, 7) is 3.81. The maximum atomic E-state index is 12.9. The van der Waals surface area contributed by atoms with E-state index in [1.54, 1.807) is 0 Å². The number of nitrogens with one attached hydrogen (secondary N) is 2. The predicted molar refractivity (Wildman–Crippen MR) is 94.3 cm³/mol. The molecule has 1 saturated heterocycles. The van der Waals surface area contributed by atoms with Crippen LogP contribution >= 0.6 is 0 Å². The summed E-state index contributed by atoms with van der Waals surface area (Å²) in [6, 6.07) is 15.2. The van der Waals surface area contributed by atoms with Gasteiger partial charge in [0.25, 0.3) is 0 Å². The first-order valence-electron chi connectivity index (χ1n) is 8.43. The number of benzene rings is 2. The minimum absolute atomic E-state index is 0.200. The molecule has 2 N–H and O–H groups in total. The summed E-state index contributed by atoms with van der Waals surface area (Å²) in [5, 5.41) is 5.76. The van der Waals surface area contributed by atoms with Crippen molar-refractivity contribution in [1.82, 2.24) is 5.32 Å². The smallest absolute Gasteiger partial charge is 0.237 e. The third-order valence-corrected chi connectivity index (χ3v) is 4.90. The van der Waals surface area contributed by atoms with Crippen LogP contribution in [0.1, 0.15) is 30.4 Å². The molecule has 128 valence electrons. The molecule has 0 aliphatic carbocycles. The molecule has 5 nitrogen and oxygen atoms in total. The van der Waals surface area contributed by atoms with Crippen LogP contribution in [0, 0.1) is 12.8 Å². The van der Waals surface area contributed by atoms with E-state index in [9.17, 15) is 9.59 Å². The van der Waals surface area contributed by atoms with Crippen molar-refractivity contribution in [1.29, 1.82) is 0 Å². The number of ether oxygens (including phenoxy) is 1. The number of aryl methyl sites for hydroxylation is 1. The van der Waals surface area contributed by atoms with Gasteiger partial charge in [-0.25, -0.2) is 0 Å². The van der Waals surface area contributed by atoms with Crippen molar-refractivity contribution < 1.29 is 14.3 Å². The highest BCUT2D eigenvalue weighted by Gasteiger charge is 2.51. The first kappa shape index (κ1) is 15.7. The maximum absolute atomic E-state index is 12.9. The molecule has 1 fully saturated rings. The number of fused-ring (bicyclic) bond motifs is 4. The highest BCUT2D eigenvalue weighted by atomic mass is 16.5. The Labute approximate surface area is 146 Å². The largest absolute Gasteiger partial charge is 0.468 e. The van der Waals surface area contributed by atoms with Gasteiger partial charge < -0.3 is 15.4 Å². The Morgan fingerprint density at radius 3 is 2.84 bits per heavy atom. The molecule has 4 rings (SSSR count). The summed E-state index contributed by atoms with van der Waals surface area (Å²) in [7, 11) is 0. The third kappa shape index (κ3) is 2.76. The predicted octanol–water partition coefficient (Wildman–Crippen LogP) is 2.96. The van der Waals surface area contributed by atoms with E-state index in [4.69, 9.17) is 4.74 Å². The lowest BCUT2D eigenvalue weighted by Crippen LogP contribution is -2.62. The van der Waals surface area contributed by atoms with Crippen LogP contribution in [0.15, 0.2) is 48.5 Å². The van der Waals surface area contributed by atoms with E-state index in [1.165, 1.54) is 0 Å². The van der Waals surface area contributed by atoms with Gasteiger partial charge in [0.05, 0.1) is 0 Å². The topological polar surface area (TPSA) is 67.4 Å². The van der Waals surface area contributed by atoms with Crippen LogP contribution in [0.4, 0.5) is 5.69 Å². The van der Waals surface area contributed by atoms with Crippen molar-refractivity contribution in [2.45, 2.75) is 31.9 Å². The maximum Gasteiger partial charge on any atom is 0.237 e. The Kier molecular flexibility index (Phi) is 3.53. The van der Waals surface area contributed by atoms with Crippen LogP contribution in [-0.4, -0.2) is 17.5 Å². The average molecular weight is 336 g/mol. The molecule has 3 atom stereocenters. The molecular formula is C20H20N2O3. The highest BCUT2D eigenvalue weighted by Crippen LogP contribution is 2.46. The first-order valence-corrected chi connectivity index (χ1v) is 8.43. The van der Waals surface area contributed by atoms with Crippen molar-refractivity contribution >= 4 is 17.5 Å². The first-order chi connectivity index (χ1) is 12.0. The molecule has 0 radical (unpaired) electrons. The summed E-state index contributed by atoms with van der Waals surface area (Å²) in [5.74, 6) is -0.827. The van der Waals surface area contributed by atoms with Crippen LogP contribution in [0.5, 0.6) is 5.75 Å². The van der Waals surface area contributed by atoms with Crippen LogP contribution < -0.4 is 15.4 Å². The Hall–Kier alpha value is -2.82. The van der Waals surface area contributed by atoms with Gasteiger partial charge in [0, 0.05) is 18.0 Å². The van der Waals surface area contributed by atoms with Crippen LogP contribution in [-0.2, 0) is 9.59 Å². The fourth-order valence-electron chi connectivity index (χ4n) is 3.83. The lowest BCUT2D eigenvalue weighted by Gasteiger charge is -2.46. The second-order valence-electron chi connectivity index (χ2n) is 7.01. The quantitative estimate of drug-likeness (QED) is 0.829. The number of hydrogen-bond acceptors (Lipinski definition) is 3. The molecule has 2 bridgehead atoms. The number of para-hydroxylation sites is 1. The van der Waals surface area contributed by atoms with Crippen molar-refractivity contribution in [3.8, 4) is 5.75 Å². The number of amides is 2. The minimum atomic E-state index is -0.779. The van der Waals surface area contributed by atoms with Gasteiger partial charge in [-0.05, 0) is 43.2 Å². The van der Waals surface area contributed by atoms with Crippen molar-refractivity contribution in [3.05, 3.63) is 59.7 Å². The fourth-order valence-corrected chi connectivity index (χ4v) is 3.83. The van der Waals surface area contributed by atoms with Gasteiger partial charge in [0.15, 0.2) is 5.72 Å². The van der Waals surface area contributed by atoms with Crippen LogP contribution in [0.25, 0.3) is 0 Å². The van der Waals surface area contributed by atoms with Gasteiger partial charge in [-0.2, -0.15) is 0 Å². The zero-order valence-electron chi connectivity index (χ0n) is 14.2. The Balaban J connectivity index is 1.67. The van der Waals surface area contributed by atoms with Crippen LogP contribution in [0.3, 0.4) is 0 Å². The van der Waals surface area contributed by atoms with Crippen molar-refractivity contribution in [3.63, 3.8) is 0 Å². The molecule has 5 heteroatoms. The summed E-state index contributed by atoms with van der Waals surface area (Å²) in [5.41, 5.74) is 1.90. The standard InChI is InChI=1S/C20H20N2O3/c1-12-6-5-7-13(10-12)21-18(23)17-15-11-20(2,22-19(17)24)25-16-9-4-3-8-14(15)16/h3-10,15,17H,11H2,1-2H3,(H,21,23)(H,22,24)/t15-,17?,20+/m0/s1. The van der Waals surface area contributed by atoms with Crippen LogP contribution in [0.2, 0.25) is 0 Å². The Morgan fingerprint density at radius 1 is 1.24 bits per heavy atom.